The van der Waals surface area contributed by atoms with Crippen molar-refractivity contribution >= 4 is 23.2 Å². The second-order valence-electron chi connectivity index (χ2n) is 5.53. The molecule has 2 aromatic carbocycles. The fraction of sp³-hybridized carbons (Fsp3) is 0.111. The molecule has 0 aliphatic rings. The largest absolute Gasteiger partial charge is 0.323 e. The van der Waals surface area contributed by atoms with E-state index in [0.717, 1.165) is 17.7 Å². The average Bonchev–Trinajstić information content (AvgIpc) is 2.55. The van der Waals surface area contributed by atoms with Gasteiger partial charge in [-0.05, 0) is 36.8 Å². The number of aromatic amines is 1. The van der Waals surface area contributed by atoms with E-state index in [0.29, 0.717) is 22.7 Å². The zero-order valence-electron chi connectivity index (χ0n) is 13.2. The summed E-state index contributed by atoms with van der Waals surface area (Å²) < 4.78 is 26.7. The first-order valence-corrected chi connectivity index (χ1v) is 7.86. The van der Waals surface area contributed by atoms with Crippen LogP contribution in [-0.4, -0.2) is 9.97 Å². The fourth-order valence-corrected chi connectivity index (χ4v) is 2.53. The molecule has 0 spiro atoms. The number of halogens is 3. The molecule has 0 atom stereocenters. The molecule has 0 radical (unpaired) electrons. The normalized spacial score (nSPS) is 10.7. The van der Waals surface area contributed by atoms with Crippen LogP contribution in [0.4, 0.5) is 20.4 Å². The summed E-state index contributed by atoms with van der Waals surface area (Å²) in [4.78, 5) is 19.2. The van der Waals surface area contributed by atoms with Gasteiger partial charge in [-0.15, -0.1) is 0 Å². The summed E-state index contributed by atoms with van der Waals surface area (Å²) in [5, 5.41) is 3.27. The Kier molecular flexibility index (Phi) is 4.81. The molecule has 0 unspecified atom stereocenters. The number of H-pyrrole nitrogens is 1. The van der Waals surface area contributed by atoms with Crippen molar-refractivity contribution in [1.82, 2.24) is 9.97 Å². The SMILES string of the molecule is Cc1nc(Nc2ccc(F)cc2F)[nH]c(=O)c1Cc1ccc(Cl)cc1. The molecular formula is C18H14ClF2N3O. The highest BCUT2D eigenvalue weighted by atomic mass is 35.5. The number of aromatic nitrogens is 2. The lowest BCUT2D eigenvalue weighted by atomic mass is 10.1. The van der Waals surface area contributed by atoms with Crippen LogP contribution < -0.4 is 10.9 Å². The van der Waals surface area contributed by atoms with Gasteiger partial charge >= 0.3 is 0 Å². The van der Waals surface area contributed by atoms with Crippen molar-refractivity contribution in [2.45, 2.75) is 13.3 Å². The highest BCUT2D eigenvalue weighted by molar-refractivity contribution is 6.30. The summed E-state index contributed by atoms with van der Waals surface area (Å²) in [7, 11) is 0. The lowest BCUT2D eigenvalue weighted by Gasteiger charge is -2.10. The van der Waals surface area contributed by atoms with Crippen LogP contribution in [0.25, 0.3) is 0 Å². The summed E-state index contributed by atoms with van der Waals surface area (Å²) in [6, 6.07) is 10.3. The van der Waals surface area contributed by atoms with Crippen LogP contribution in [0.1, 0.15) is 16.8 Å². The van der Waals surface area contributed by atoms with Gasteiger partial charge in [0.25, 0.3) is 5.56 Å². The van der Waals surface area contributed by atoms with Crippen molar-refractivity contribution in [3.05, 3.63) is 86.3 Å². The van der Waals surface area contributed by atoms with E-state index in [-0.39, 0.29) is 17.2 Å². The second kappa shape index (κ2) is 7.03. The van der Waals surface area contributed by atoms with E-state index in [1.54, 1.807) is 19.1 Å². The number of nitrogens with one attached hydrogen (secondary N) is 2. The third kappa shape index (κ3) is 4.03. The average molecular weight is 362 g/mol. The van der Waals surface area contributed by atoms with Gasteiger partial charge in [-0.25, -0.2) is 13.8 Å². The van der Waals surface area contributed by atoms with Gasteiger partial charge in [-0.3, -0.25) is 9.78 Å². The van der Waals surface area contributed by atoms with Gasteiger partial charge in [0.05, 0.1) is 11.4 Å². The van der Waals surface area contributed by atoms with E-state index in [9.17, 15) is 13.6 Å². The molecule has 3 rings (SSSR count). The maximum Gasteiger partial charge on any atom is 0.256 e. The van der Waals surface area contributed by atoms with E-state index < -0.39 is 11.6 Å². The lowest BCUT2D eigenvalue weighted by Crippen LogP contribution is -2.18. The predicted molar refractivity (Wildman–Crippen MR) is 93.5 cm³/mol. The third-order valence-electron chi connectivity index (χ3n) is 3.70. The maximum absolute atomic E-state index is 13.7. The smallest absolute Gasteiger partial charge is 0.256 e. The Morgan fingerprint density at radius 1 is 1.16 bits per heavy atom. The number of aryl methyl sites for hydroxylation is 1. The molecule has 0 saturated carbocycles. The van der Waals surface area contributed by atoms with Crippen LogP contribution in [0.2, 0.25) is 5.02 Å². The van der Waals surface area contributed by atoms with Crippen molar-refractivity contribution in [2.24, 2.45) is 0 Å². The number of rotatable bonds is 4. The Hall–Kier alpha value is -2.73. The Morgan fingerprint density at radius 2 is 1.88 bits per heavy atom. The van der Waals surface area contributed by atoms with Crippen LogP contribution in [-0.2, 0) is 6.42 Å². The van der Waals surface area contributed by atoms with E-state index >= 15 is 0 Å². The minimum atomic E-state index is -0.773. The first-order chi connectivity index (χ1) is 11.9. The molecule has 25 heavy (non-hydrogen) atoms. The minimum Gasteiger partial charge on any atom is -0.323 e. The Balaban J connectivity index is 1.87. The molecular weight excluding hydrogens is 348 g/mol. The molecule has 128 valence electrons. The van der Waals surface area contributed by atoms with Gasteiger partial charge in [0.15, 0.2) is 0 Å². The van der Waals surface area contributed by atoms with Gasteiger partial charge in [-0.1, -0.05) is 23.7 Å². The summed E-state index contributed by atoms with van der Waals surface area (Å²) in [5.41, 5.74) is 1.64. The highest BCUT2D eigenvalue weighted by Crippen LogP contribution is 2.19. The van der Waals surface area contributed by atoms with E-state index in [2.05, 4.69) is 15.3 Å². The van der Waals surface area contributed by atoms with E-state index in [1.807, 2.05) is 12.1 Å². The van der Waals surface area contributed by atoms with Gasteiger partial charge < -0.3 is 5.32 Å². The number of hydrogen-bond donors (Lipinski definition) is 2. The van der Waals surface area contributed by atoms with Gasteiger partial charge in [0.1, 0.15) is 11.6 Å². The molecule has 0 aliphatic carbocycles. The monoisotopic (exact) mass is 361 g/mol. The molecule has 1 aromatic heterocycles. The second-order valence-corrected chi connectivity index (χ2v) is 5.97. The van der Waals surface area contributed by atoms with Crippen LogP contribution in [0.3, 0.4) is 0 Å². The molecule has 3 aromatic rings. The summed E-state index contributed by atoms with van der Waals surface area (Å²) in [5.74, 6) is -1.36. The Morgan fingerprint density at radius 3 is 2.52 bits per heavy atom. The fourth-order valence-electron chi connectivity index (χ4n) is 2.40. The molecule has 0 fully saturated rings. The topological polar surface area (TPSA) is 57.8 Å². The molecule has 0 saturated heterocycles. The maximum atomic E-state index is 13.7. The van der Waals surface area contributed by atoms with Gasteiger partial charge in [0.2, 0.25) is 5.95 Å². The number of benzene rings is 2. The summed E-state index contributed by atoms with van der Waals surface area (Å²) >= 11 is 5.85. The zero-order valence-corrected chi connectivity index (χ0v) is 14.0. The van der Waals surface area contributed by atoms with Gasteiger partial charge in [-0.2, -0.15) is 0 Å². The third-order valence-corrected chi connectivity index (χ3v) is 3.95. The zero-order chi connectivity index (χ0) is 18.0. The van der Waals surface area contributed by atoms with Crippen molar-refractivity contribution in [3.8, 4) is 0 Å². The quantitative estimate of drug-likeness (QED) is 0.726. The number of anilines is 2. The molecule has 2 N–H and O–H groups in total. The standard InChI is InChI=1S/C18H14ClF2N3O/c1-10-14(8-11-2-4-12(19)5-3-11)17(25)24-18(22-10)23-16-7-6-13(20)9-15(16)21/h2-7,9H,8H2,1H3,(H2,22,23,24,25). The minimum absolute atomic E-state index is 0.0226. The molecule has 7 heteroatoms. The highest BCUT2D eigenvalue weighted by Gasteiger charge is 2.11. The van der Waals surface area contributed by atoms with Crippen LogP contribution in [0, 0.1) is 18.6 Å². The van der Waals surface area contributed by atoms with Crippen LogP contribution >= 0.6 is 11.6 Å². The number of hydrogen-bond acceptors (Lipinski definition) is 3. The molecule has 0 aliphatic heterocycles. The molecule has 1 heterocycles. The molecule has 4 nitrogen and oxygen atoms in total. The predicted octanol–water partition coefficient (Wildman–Crippen LogP) is 4.34. The van der Waals surface area contributed by atoms with Crippen molar-refractivity contribution < 1.29 is 8.78 Å². The first kappa shape index (κ1) is 17.1. The van der Waals surface area contributed by atoms with Crippen LogP contribution in [0.15, 0.2) is 47.3 Å². The van der Waals surface area contributed by atoms with Crippen molar-refractivity contribution in [1.29, 1.82) is 0 Å². The first-order valence-electron chi connectivity index (χ1n) is 7.48. The van der Waals surface area contributed by atoms with Crippen molar-refractivity contribution in [3.63, 3.8) is 0 Å². The van der Waals surface area contributed by atoms with E-state index in [4.69, 9.17) is 11.6 Å². The van der Waals surface area contributed by atoms with E-state index in [1.165, 1.54) is 6.07 Å². The lowest BCUT2D eigenvalue weighted by molar-refractivity contribution is 0.586. The molecule has 0 bridgehead atoms. The van der Waals surface area contributed by atoms with Crippen molar-refractivity contribution in [2.75, 3.05) is 5.32 Å². The summed E-state index contributed by atoms with van der Waals surface area (Å²) in [6.07, 6.45) is 0.399. The summed E-state index contributed by atoms with van der Waals surface area (Å²) in [6.45, 7) is 1.70. The van der Waals surface area contributed by atoms with Gasteiger partial charge in [0, 0.05) is 23.1 Å². The Labute approximate surface area is 147 Å². The molecule has 0 amide bonds. The van der Waals surface area contributed by atoms with Crippen LogP contribution in [0.5, 0.6) is 0 Å². The Bertz CT molecular complexity index is 971. The number of nitrogens with zero attached hydrogens (tertiary/aromatic N) is 1.